The Morgan fingerprint density at radius 3 is 2.68 bits per heavy atom. The normalized spacial score (nSPS) is 16.8. The fraction of sp³-hybridized carbons (Fsp3) is 0.385. The number of ether oxygens (including phenoxy) is 1. The van der Waals surface area contributed by atoms with Gasteiger partial charge in [-0.25, -0.2) is 9.97 Å². The number of nitrogens with one attached hydrogen (secondary N) is 1. The molecule has 8 nitrogen and oxygen atoms in total. The van der Waals surface area contributed by atoms with Gasteiger partial charge in [0.25, 0.3) is 5.56 Å². The molecule has 1 N–H and O–H groups in total. The molecule has 4 rings (SSSR count). The van der Waals surface area contributed by atoms with Crippen LogP contribution in [-0.2, 0) is 29.4 Å². The summed E-state index contributed by atoms with van der Waals surface area (Å²) in [6.07, 6.45) is 2.54. The third-order valence-corrected chi connectivity index (χ3v) is 6.30. The maximum atomic E-state index is 13.6. The van der Waals surface area contributed by atoms with Gasteiger partial charge in [-0.05, 0) is 36.1 Å². The molecule has 2 aromatic heterocycles. The van der Waals surface area contributed by atoms with Crippen LogP contribution in [0.2, 0.25) is 0 Å². The third-order valence-electron chi connectivity index (χ3n) is 6.30. The molecule has 0 aliphatic heterocycles. The molecule has 0 fully saturated rings. The van der Waals surface area contributed by atoms with Crippen LogP contribution in [0.3, 0.4) is 0 Å². The number of fused-ring (bicyclic) bond motifs is 1. The average Bonchev–Trinajstić information content (AvgIpc) is 3.13. The van der Waals surface area contributed by atoms with Crippen LogP contribution >= 0.6 is 0 Å². The first kappa shape index (κ1) is 23.5. The molecule has 3 aromatic rings. The Bertz CT molecular complexity index is 1300. The summed E-state index contributed by atoms with van der Waals surface area (Å²) >= 11 is 0. The molecule has 0 radical (unpaired) electrons. The van der Waals surface area contributed by atoms with Crippen molar-refractivity contribution >= 4 is 17.5 Å². The van der Waals surface area contributed by atoms with E-state index in [1.54, 1.807) is 17.8 Å². The Kier molecular flexibility index (Phi) is 6.41. The van der Waals surface area contributed by atoms with Crippen molar-refractivity contribution in [2.75, 3.05) is 24.3 Å². The minimum Gasteiger partial charge on any atom is -0.460 e. The van der Waals surface area contributed by atoms with Gasteiger partial charge in [0.15, 0.2) is 0 Å². The van der Waals surface area contributed by atoms with E-state index in [4.69, 9.17) is 9.72 Å². The van der Waals surface area contributed by atoms with Crippen LogP contribution in [0.15, 0.2) is 41.3 Å². The smallest absolute Gasteiger partial charge is 0.302 e. The zero-order valence-corrected chi connectivity index (χ0v) is 20.5. The van der Waals surface area contributed by atoms with Crippen molar-refractivity contribution in [1.82, 2.24) is 14.5 Å². The molecule has 1 aliphatic rings. The summed E-state index contributed by atoms with van der Waals surface area (Å²) in [5, 5.41) is 3.40. The summed E-state index contributed by atoms with van der Waals surface area (Å²) in [4.78, 5) is 36.7. The summed E-state index contributed by atoms with van der Waals surface area (Å²) < 4.78 is 7.18. The molecule has 1 aliphatic carbocycles. The molecule has 0 saturated heterocycles. The number of esters is 1. The van der Waals surface area contributed by atoms with E-state index in [0.29, 0.717) is 30.0 Å². The van der Waals surface area contributed by atoms with Gasteiger partial charge < -0.3 is 15.0 Å². The highest BCUT2D eigenvalue weighted by molar-refractivity contribution is 5.67. The fourth-order valence-electron chi connectivity index (χ4n) is 4.52. The van der Waals surface area contributed by atoms with E-state index >= 15 is 0 Å². The number of hydrogen-bond acceptors (Lipinski definition) is 7. The topological polar surface area (TPSA) is 89.3 Å². The van der Waals surface area contributed by atoms with Gasteiger partial charge in [-0.2, -0.15) is 0 Å². The highest BCUT2D eigenvalue weighted by atomic mass is 16.5. The van der Waals surface area contributed by atoms with Crippen LogP contribution in [0.25, 0.3) is 11.4 Å². The number of nitrogens with zero attached hydrogens (tertiary/aromatic N) is 4. The van der Waals surface area contributed by atoms with Crippen LogP contribution < -0.4 is 15.8 Å². The van der Waals surface area contributed by atoms with E-state index in [-0.39, 0.29) is 17.6 Å². The molecule has 34 heavy (non-hydrogen) atoms. The van der Waals surface area contributed by atoms with Crippen molar-refractivity contribution in [2.45, 2.75) is 45.8 Å². The lowest BCUT2D eigenvalue weighted by molar-refractivity contribution is -0.146. The van der Waals surface area contributed by atoms with E-state index in [0.717, 1.165) is 28.1 Å². The van der Waals surface area contributed by atoms with E-state index in [9.17, 15) is 9.59 Å². The molecule has 178 valence electrons. The van der Waals surface area contributed by atoms with Crippen molar-refractivity contribution in [3.63, 3.8) is 0 Å². The molecule has 2 atom stereocenters. The van der Waals surface area contributed by atoms with Gasteiger partial charge in [0.2, 0.25) is 0 Å². The molecule has 2 heterocycles. The van der Waals surface area contributed by atoms with E-state index in [2.05, 4.69) is 10.3 Å². The van der Waals surface area contributed by atoms with Crippen molar-refractivity contribution in [3.05, 3.63) is 69.3 Å². The lowest BCUT2D eigenvalue weighted by atomic mass is 10.1. The monoisotopic (exact) mass is 461 g/mol. The van der Waals surface area contributed by atoms with Crippen molar-refractivity contribution < 1.29 is 9.53 Å². The molecular weight excluding hydrogens is 430 g/mol. The van der Waals surface area contributed by atoms with E-state index in [1.807, 2.05) is 63.2 Å². The van der Waals surface area contributed by atoms with Gasteiger partial charge >= 0.3 is 5.97 Å². The first-order valence-corrected chi connectivity index (χ1v) is 11.5. The van der Waals surface area contributed by atoms with Crippen molar-refractivity contribution in [3.8, 4) is 11.4 Å². The molecule has 0 amide bonds. The van der Waals surface area contributed by atoms with Crippen LogP contribution in [-0.4, -0.2) is 40.7 Å². The molecule has 0 spiro atoms. The number of aromatic nitrogens is 3. The van der Waals surface area contributed by atoms with Gasteiger partial charge in [0.05, 0.1) is 11.7 Å². The number of pyridine rings is 1. The lowest BCUT2D eigenvalue weighted by Gasteiger charge is -2.24. The average molecular weight is 462 g/mol. The lowest BCUT2D eigenvalue weighted by Crippen LogP contribution is -2.32. The van der Waals surface area contributed by atoms with Crippen LogP contribution in [0, 0.1) is 6.92 Å². The highest BCUT2D eigenvalue weighted by Crippen LogP contribution is 2.36. The molecule has 0 saturated carbocycles. The number of hydrogen-bond donors (Lipinski definition) is 1. The predicted octanol–water partition coefficient (Wildman–Crippen LogP) is 3.42. The van der Waals surface area contributed by atoms with Gasteiger partial charge in [0.1, 0.15) is 23.4 Å². The Morgan fingerprint density at radius 1 is 1.29 bits per heavy atom. The quantitative estimate of drug-likeness (QED) is 0.563. The second-order valence-corrected chi connectivity index (χ2v) is 8.90. The number of anilines is 2. The zero-order valence-electron chi connectivity index (χ0n) is 20.5. The summed E-state index contributed by atoms with van der Waals surface area (Å²) in [5.74, 6) is 1.08. The second kappa shape index (κ2) is 9.29. The Balaban J connectivity index is 1.77. The summed E-state index contributed by atoms with van der Waals surface area (Å²) in [7, 11) is 5.60. The van der Waals surface area contributed by atoms with Gasteiger partial charge in [-0.1, -0.05) is 31.2 Å². The fourth-order valence-corrected chi connectivity index (χ4v) is 4.52. The first-order valence-electron chi connectivity index (χ1n) is 11.5. The third kappa shape index (κ3) is 4.27. The zero-order chi connectivity index (χ0) is 24.6. The van der Waals surface area contributed by atoms with Crippen LogP contribution in [0.4, 0.5) is 11.5 Å². The molecule has 1 unspecified atom stereocenters. The summed E-state index contributed by atoms with van der Waals surface area (Å²) in [5.41, 5.74) is 4.86. The minimum atomic E-state index is -0.394. The van der Waals surface area contributed by atoms with Crippen molar-refractivity contribution in [1.29, 1.82) is 0 Å². The Hall–Kier alpha value is -3.68. The van der Waals surface area contributed by atoms with Gasteiger partial charge in [-0.3, -0.25) is 14.2 Å². The highest BCUT2D eigenvalue weighted by Gasteiger charge is 2.35. The minimum absolute atomic E-state index is 0.177. The molecular formula is C26H31N5O3. The van der Waals surface area contributed by atoms with Gasteiger partial charge in [-0.15, -0.1) is 0 Å². The SMILES string of the molecule is CCc1nc(-c2cnc(N(C)C)cc2C)n(C)c(=O)c1NC1c2ccccc2C[C@@H]1OC(C)=O. The molecule has 1 aromatic carbocycles. The first-order chi connectivity index (χ1) is 16.2. The van der Waals surface area contributed by atoms with Crippen molar-refractivity contribution in [2.24, 2.45) is 7.05 Å². The van der Waals surface area contributed by atoms with Gasteiger partial charge in [0, 0.05) is 46.2 Å². The largest absolute Gasteiger partial charge is 0.460 e. The summed E-state index contributed by atoms with van der Waals surface area (Å²) in [6.45, 7) is 5.38. The van der Waals surface area contributed by atoms with Crippen LogP contribution in [0.1, 0.15) is 42.3 Å². The molecule has 8 heteroatoms. The number of rotatable bonds is 6. The number of carbonyl (C=O) groups is 1. The molecule has 0 bridgehead atoms. The van der Waals surface area contributed by atoms with Crippen LogP contribution in [0.5, 0.6) is 0 Å². The Labute approximate surface area is 199 Å². The maximum absolute atomic E-state index is 13.6. The predicted molar refractivity (Wildman–Crippen MR) is 133 cm³/mol. The number of carbonyl (C=O) groups excluding carboxylic acids is 1. The second-order valence-electron chi connectivity index (χ2n) is 8.90. The number of aryl methyl sites for hydroxylation is 2. The number of benzene rings is 1. The standard InChI is InChI=1S/C26H31N5O3/c1-7-20-24(29-23-18-11-9-8-10-17(18)13-21(23)34-16(3)32)26(33)31(6)25(28-20)19-14-27-22(30(4)5)12-15(19)2/h8-12,14,21,23,29H,7,13H2,1-6H3/t21-,23?/m0/s1. The summed E-state index contributed by atoms with van der Waals surface area (Å²) in [6, 6.07) is 9.62. The Morgan fingerprint density at radius 2 is 2.03 bits per heavy atom. The van der Waals surface area contributed by atoms with E-state index in [1.165, 1.54) is 6.92 Å². The maximum Gasteiger partial charge on any atom is 0.302 e. The van der Waals surface area contributed by atoms with E-state index < -0.39 is 6.10 Å².